The van der Waals surface area contributed by atoms with Gasteiger partial charge in [-0.1, -0.05) is 35.9 Å². The van der Waals surface area contributed by atoms with E-state index in [1.165, 1.54) is 5.56 Å². The van der Waals surface area contributed by atoms with Crippen LogP contribution in [0.5, 0.6) is 0 Å². The highest BCUT2D eigenvalue weighted by atomic mass is 35.5. The number of rotatable bonds is 4. The number of nitrogens with zero attached hydrogens (tertiary/aromatic N) is 3. The quantitative estimate of drug-likeness (QED) is 0.695. The Morgan fingerprint density at radius 2 is 2.05 bits per heavy atom. The molecule has 0 fully saturated rings. The van der Waals surface area contributed by atoms with Gasteiger partial charge in [0, 0.05) is 31.9 Å². The van der Waals surface area contributed by atoms with Crippen LogP contribution in [0.3, 0.4) is 0 Å². The number of aromatic nitrogens is 1. The number of aryl methyl sites for hydroxylation is 1. The molecule has 0 aliphatic rings. The van der Waals surface area contributed by atoms with E-state index in [4.69, 9.17) is 11.6 Å². The van der Waals surface area contributed by atoms with E-state index in [1.807, 2.05) is 42.3 Å². The summed E-state index contributed by atoms with van der Waals surface area (Å²) >= 11 is 6.21. The van der Waals surface area contributed by atoms with Crippen molar-refractivity contribution in [2.45, 2.75) is 20.0 Å². The highest BCUT2D eigenvalue weighted by Crippen LogP contribution is 2.16. The van der Waals surface area contributed by atoms with Crippen LogP contribution in [-0.4, -0.2) is 29.9 Å². The molecule has 2 rings (SSSR count). The van der Waals surface area contributed by atoms with Crippen molar-refractivity contribution in [3.05, 3.63) is 64.4 Å². The van der Waals surface area contributed by atoms with Gasteiger partial charge >= 0.3 is 0 Å². The van der Waals surface area contributed by atoms with Crippen molar-refractivity contribution in [1.29, 1.82) is 0 Å². The van der Waals surface area contributed by atoms with Crippen molar-refractivity contribution < 1.29 is 0 Å². The molecular formula is C17H21ClN4. The molecule has 4 nitrogen and oxygen atoms in total. The Morgan fingerprint density at radius 3 is 2.73 bits per heavy atom. The second-order valence-electron chi connectivity index (χ2n) is 5.12. The fraction of sp³-hybridized carbons (Fsp3) is 0.294. The summed E-state index contributed by atoms with van der Waals surface area (Å²) in [5, 5.41) is 4.11. The van der Waals surface area contributed by atoms with Gasteiger partial charge in [0.1, 0.15) is 0 Å². The number of hydrogen-bond donors (Lipinski definition) is 1. The number of guanidine groups is 1. The lowest BCUT2D eigenvalue weighted by molar-refractivity contribution is 0.476. The standard InChI is InChI=1S/C17H21ClN4/c1-13-7-6-10-20-16(13)11-21-17(19-2)22(3)12-14-8-4-5-9-15(14)18/h4-10H,11-12H2,1-3H3,(H,19,21). The van der Waals surface area contributed by atoms with Gasteiger partial charge in [-0.2, -0.15) is 0 Å². The van der Waals surface area contributed by atoms with Gasteiger partial charge in [-0.05, 0) is 30.2 Å². The zero-order valence-corrected chi connectivity index (χ0v) is 13.9. The van der Waals surface area contributed by atoms with Gasteiger partial charge in [-0.15, -0.1) is 0 Å². The van der Waals surface area contributed by atoms with E-state index >= 15 is 0 Å². The molecule has 0 aliphatic heterocycles. The second-order valence-corrected chi connectivity index (χ2v) is 5.52. The SMILES string of the molecule is CN=C(NCc1ncccc1C)N(C)Cc1ccccc1Cl. The molecule has 0 saturated carbocycles. The normalized spacial score (nSPS) is 11.4. The topological polar surface area (TPSA) is 40.5 Å². The third kappa shape index (κ3) is 4.21. The molecule has 0 aliphatic carbocycles. The molecule has 116 valence electrons. The van der Waals surface area contributed by atoms with Crippen molar-refractivity contribution in [3.8, 4) is 0 Å². The predicted octanol–water partition coefficient (Wildman–Crippen LogP) is 3.25. The molecule has 2 aromatic rings. The van der Waals surface area contributed by atoms with Crippen LogP contribution < -0.4 is 5.32 Å². The molecule has 0 saturated heterocycles. The first-order valence-electron chi connectivity index (χ1n) is 7.17. The number of halogens is 1. The molecule has 0 atom stereocenters. The maximum absolute atomic E-state index is 6.21. The fourth-order valence-corrected chi connectivity index (χ4v) is 2.40. The van der Waals surface area contributed by atoms with Crippen LogP contribution >= 0.6 is 11.6 Å². The maximum atomic E-state index is 6.21. The average Bonchev–Trinajstić information content (AvgIpc) is 2.52. The molecule has 0 spiro atoms. The Morgan fingerprint density at radius 1 is 1.27 bits per heavy atom. The van der Waals surface area contributed by atoms with E-state index in [0.29, 0.717) is 13.1 Å². The van der Waals surface area contributed by atoms with Crippen LogP contribution in [0.15, 0.2) is 47.6 Å². The molecule has 1 heterocycles. The molecule has 0 amide bonds. The summed E-state index contributed by atoms with van der Waals surface area (Å²) in [6.07, 6.45) is 1.81. The molecule has 0 radical (unpaired) electrons. The van der Waals surface area contributed by atoms with Crippen molar-refractivity contribution in [1.82, 2.24) is 15.2 Å². The first-order valence-corrected chi connectivity index (χ1v) is 7.55. The van der Waals surface area contributed by atoms with Crippen molar-refractivity contribution in [2.75, 3.05) is 14.1 Å². The van der Waals surface area contributed by atoms with Crippen LogP contribution in [0.2, 0.25) is 5.02 Å². The third-order valence-corrected chi connectivity index (χ3v) is 3.84. The van der Waals surface area contributed by atoms with E-state index in [1.54, 1.807) is 13.2 Å². The zero-order chi connectivity index (χ0) is 15.9. The van der Waals surface area contributed by atoms with E-state index < -0.39 is 0 Å². The van der Waals surface area contributed by atoms with Crippen LogP contribution in [-0.2, 0) is 13.1 Å². The van der Waals surface area contributed by atoms with Gasteiger partial charge in [0.2, 0.25) is 0 Å². The molecule has 1 aromatic carbocycles. The minimum absolute atomic E-state index is 0.645. The van der Waals surface area contributed by atoms with Crippen molar-refractivity contribution in [3.63, 3.8) is 0 Å². The van der Waals surface area contributed by atoms with E-state index in [2.05, 4.69) is 28.3 Å². The predicted molar refractivity (Wildman–Crippen MR) is 92.1 cm³/mol. The highest BCUT2D eigenvalue weighted by molar-refractivity contribution is 6.31. The Balaban J connectivity index is 2.00. The number of nitrogens with one attached hydrogen (secondary N) is 1. The van der Waals surface area contributed by atoms with Crippen LogP contribution in [0.4, 0.5) is 0 Å². The second kappa shape index (κ2) is 7.80. The van der Waals surface area contributed by atoms with Gasteiger partial charge in [-0.25, -0.2) is 0 Å². The Labute approximate surface area is 136 Å². The van der Waals surface area contributed by atoms with E-state index in [9.17, 15) is 0 Å². The summed E-state index contributed by atoms with van der Waals surface area (Å²) in [6, 6.07) is 11.8. The first kappa shape index (κ1) is 16.3. The Hall–Kier alpha value is -2.07. The van der Waals surface area contributed by atoms with Gasteiger partial charge in [0.25, 0.3) is 0 Å². The van der Waals surface area contributed by atoms with Gasteiger partial charge in [0.05, 0.1) is 12.2 Å². The highest BCUT2D eigenvalue weighted by Gasteiger charge is 2.09. The zero-order valence-electron chi connectivity index (χ0n) is 13.2. The number of hydrogen-bond acceptors (Lipinski definition) is 2. The molecule has 0 unspecified atom stereocenters. The van der Waals surface area contributed by atoms with Gasteiger partial charge in [0.15, 0.2) is 5.96 Å². The molecule has 0 bridgehead atoms. The van der Waals surface area contributed by atoms with Gasteiger partial charge < -0.3 is 10.2 Å². The first-order chi connectivity index (χ1) is 10.6. The van der Waals surface area contributed by atoms with Crippen molar-refractivity contribution >= 4 is 17.6 Å². The number of benzene rings is 1. The molecule has 1 N–H and O–H groups in total. The Kier molecular flexibility index (Phi) is 5.78. The lowest BCUT2D eigenvalue weighted by Gasteiger charge is -2.22. The summed E-state index contributed by atoms with van der Waals surface area (Å²) < 4.78 is 0. The average molecular weight is 317 g/mol. The summed E-state index contributed by atoms with van der Waals surface area (Å²) in [4.78, 5) is 10.7. The van der Waals surface area contributed by atoms with Crippen LogP contribution in [0.25, 0.3) is 0 Å². The molecular weight excluding hydrogens is 296 g/mol. The number of pyridine rings is 1. The smallest absolute Gasteiger partial charge is 0.194 e. The fourth-order valence-electron chi connectivity index (χ4n) is 2.21. The van der Waals surface area contributed by atoms with Crippen LogP contribution in [0, 0.1) is 6.92 Å². The summed E-state index contributed by atoms with van der Waals surface area (Å²) in [5.41, 5.74) is 3.26. The minimum Gasteiger partial charge on any atom is -0.351 e. The monoisotopic (exact) mass is 316 g/mol. The van der Waals surface area contributed by atoms with Gasteiger partial charge in [-0.3, -0.25) is 9.98 Å². The molecule has 5 heteroatoms. The van der Waals surface area contributed by atoms with Crippen molar-refractivity contribution in [2.24, 2.45) is 4.99 Å². The largest absolute Gasteiger partial charge is 0.351 e. The lowest BCUT2D eigenvalue weighted by atomic mass is 10.2. The van der Waals surface area contributed by atoms with E-state index in [-0.39, 0.29) is 0 Å². The maximum Gasteiger partial charge on any atom is 0.194 e. The molecule has 22 heavy (non-hydrogen) atoms. The van der Waals surface area contributed by atoms with Crippen LogP contribution in [0.1, 0.15) is 16.8 Å². The summed E-state index contributed by atoms with van der Waals surface area (Å²) in [5.74, 6) is 0.810. The number of aliphatic imine (C=N–C) groups is 1. The lowest BCUT2D eigenvalue weighted by Crippen LogP contribution is -2.38. The summed E-state index contributed by atoms with van der Waals surface area (Å²) in [7, 11) is 3.76. The Bertz CT molecular complexity index is 655. The summed E-state index contributed by atoms with van der Waals surface area (Å²) in [6.45, 7) is 3.40. The minimum atomic E-state index is 0.645. The third-order valence-electron chi connectivity index (χ3n) is 3.47. The van der Waals surface area contributed by atoms with E-state index in [0.717, 1.165) is 22.2 Å². The molecule has 1 aromatic heterocycles.